The summed E-state index contributed by atoms with van der Waals surface area (Å²) in [5, 5.41) is 3.35. The summed E-state index contributed by atoms with van der Waals surface area (Å²) in [5.74, 6) is 0. The van der Waals surface area contributed by atoms with Crippen LogP contribution in [0.5, 0.6) is 0 Å². The average Bonchev–Trinajstić information content (AvgIpc) is 2.15. The molecule has 0 aliphatic carbocycles. The van der Waals surface area contributed by atoms with Gasteiger partial charge in [-0.1, -0.05) is 41.0 Å². The lowest BCUT2D eigenvalue weighted by Crippen LogP contribution is -2.47. The van der Waals surface area contributed by atoms with Crippen LogP contribution in [0.1, 0.15) is 54.4 Å². The molecule has 0 aliphatic heterocycles. The van der Waals surface area contributed by atoms with E-state index in [4.69, 9.17) is 0 Å². The zero-order chi connectivity index (χ0) is 13.7. The Hall–Kier alpha value is -0.0800. The van der Waals surface area contributed by atoms with E-state index in [0.717, 1.165) is 6.54 Å². The molecular weight excluding hydrogens is 208 g/mol. The fourth-order valence-electron chi connectivity index (χ4n) is 2.65. The standard InChI is InChI=1S/C15H34N2/c1-9-10-15(6,11-16-7)12-17(8)13(2)14(3,4)5/h13,16H,9-12H2,1-8H3. The second kappa shape index (κ2) is 6.75. The molecule has 0 fully saturated rings. The molecule has 2 heteroatoms. The first kappa shape index (κ1) is 16.9. The van der Waals surface area contributed by atoms with Crippen LogP contribution in [0.3, 0.4) is 0 Å². The van der Waals surface area contributed by atoms with Crippen molar-refractivity contribution in [2.75, 3.05) is 27.2 Å². The van der Waals surface area contributed by atoms with Gasteiger partial charge in [-0.2, -0.15) is 0 Å². The van der Waals surface area contributed by atoms with Crippen molar-refractivity contribution < 1.29 is 0 Å². The van der Waals surface area contributed by atoms with Gasteiger partial charge in [0.1, 0.15) is 0 Å². The number of hydrogen-bond acceptors (Lipinski definition) is 2. The van der Waals surface area contributed by atoms with Crippen molar-refractivity contribution in [2.45, 2.75) is 60.4 Å². The fourth-order valence-corrected chi connectivity index (χ4v) is 2.65. The van der Waals surface area contributed by atoms with E-state index in [9.17, 15) is 0 Å². The van der Waals surface area contributed by atoms with Crippen molar-refractivity contribution in [1.82, 2.24) is 10.2 Å². The molecular formula is C15H34N2. The van der Waals surface area contributed by atoms with Gasteiger partial charge in [0.05, 0.1) is 0 Å². The maximum atomic E-state index is 3.35. The molecule has 2 unspecified atom stereocenters. The summed E-state index contributed by atoms with van der Waals surface area (Å²) < 4.78 is 0. The summed E-state index contributed by atoms with van der Waals surface area (Å²) in [7, 11) is 4.32. The van der Waals surface area contributed by atoms with E-state index in [-0.39, 0.29) is 0 Å². The Balaban J connectivity index is 4.55. The van der Waals surface area contributed by atoms with Gasteiger partial charge in [0.2, 0.25) is 0 Å². The second-order valence-electron chi connectivity index (χ2n) is 7.05. The molecule has 17 heavy (non-hydrogen) atoms. The molecule has 0 bridgehead atoms. The highest BCUT2D eigenvalue weighted by molar-refractivity contribution is 4.84. The van der Waals surface area contributed by atoms with Crippen LogP contribution in [0.2, 0.25) is 0 Å². The average molecular weight is 242 g/mol. The van der Waals surface area contributed by atoms with Crippen molar-refractivity contribution in [2.24, 2.45) is 10.8 Å². The molecule has 1 N–H and O–H groups in total. The van der Waals surface area contributed by atoms with E-state index in [1.807, 2.05) is 0 Å². The summed E-state index contributed by atoms with van der Waals surface area (Å²) in [4.78, 5) is 2.52. The summed E-state index contributed by atoms with van der Waals surface area (Å²) in [6, 6.07) is 0.607. The van der Waals surface area contributed by atoms with Crippen molar-refractivity contribution >= 4 is 0 Å². The Morgan fingerprint density at radius 2 is 1.71 bits per heavy atom. The Bertz CT molecular complexity index is 199. The molecule has 0 aromatic rings. The largest absolute Gasteiger partial charge is 0.319 e. The zero-order valence-corrected chi connectivity index (χ0v) is 13.4. The molecule has 2 nitrogen and oxygen atoms in total. The summed E-state index contributed by atoms with van der Waals surface area (Å²) in [5.41, 5.74) is 0.735. The first-order valence-corrected chi connectivity index (χ1v) is 7.01. The van der Waals surface area contributed by atoms with E-state index >= 15 is 0 Å². The Kier molecular flexibility index (Phi) is 6.71. The SMILES string of the molecule is CCCC(C)(CNC)CN(C)C(C)C(C)(C)C. The minimum Gasteiger partial charge on any atom is -0.319 e. The zero-order valence-electron chi connectivity index (χ0n) is 13.4. The monoisotopic (exact) mass is 242 g/mol. The molecule has 0 rings (SSSR count). The van der Waals surface area contributed by atoms with Crippen molar-refractivity contribution in [1.29, 1.82) is 0 Å². The highest BCUT2D eigenvalue weighted by atomic mass is 15.1. The van der Waals surface area contributed by atoms with Crippen molar-refractivity contribution in [3.63, 3.8) is 0 Å². The fraction of sp³-hybridized carbons (Fsp3) is 1.00. The van der Waals surface area contributed by atoms with E-state index < -0.39 is 0 Å². The number of nitrogens with one attached hydrogen (secondary N) is 1. The minimum atomic E-state index is 0.349. The first-order valence-electron chi connectivity index (χ1n) is 7.01. The van der Waals surface area contributed by atoms with Crippen LogP contribution >= 0.6 is 0 Å². The van der Waals surface area contributed by atoms with Crippen LogP contribution in [0.15, 0.2) is 0 Å². The van der Waals surface area contributed by atoms with Gasteiger partial charge in [0.15, 0.2) is 0 Å². The van der Waals surface area contributed by atoms with Gasteiger partial charge < -0.3 is 10.2 Å². The highest BCUT2D eigenvalue weighted by Crippen LogP contribution is 2.28. The van der Waals surface area contributed by atoms with Crippen LogP contribution in [0, 0.1) is 10.8 Å². The van der Waals surface area contributed by atoms with E-state index in [0.29, 0.717) is 16.9 Å². The number of nitrogens with zero attached hydrogens (tertiary/aromatic N) is 1. The smallest absolute Gasteiger partial charge is 0.0113 e. The highest BCUT2D eigenvalue weighted by Gasteiger charge is 2.30. The van der Waals surface area contributed by atoms with Gasteiger partial charge in [0.25, 0.3) is 0 Å². The molecule has 0 radical (unpaired) electrons. The molecule has 104 valence electrons. The molecule has 2 atom stereocenters. The molecule has 0 aliphatic rings. The first-order chi connectivity index (χ1) is 7.66. The third-order valence-electron chi connectivity index (χ3n) is 4.00. The lowest BCUT2D eigenvalue weighted by atomic mass is 9.82. The Morgan fingerprint density at radius 3 is 2.06 bits per heavy atom. The van der Waals surface area contributed by atoms with Gasteiger partial charge in [-0.3, -0.25) is 0 Å². The van der Waals surface area contributed by atoms with Gasteiger partial charge in [-0.05, 0) is 38.3 Å². The quantitative estimate of drug-likeness (QED) is 0.736. The molecule has 0 heterocycles. The lowest BCUT2D eigenvalue weighted by molar-refractivity contribution is 0.0866. The lowest BCUT2D eigenvalue weighted by Gasteiger charge is -2.41. The van der Waals surface area contributed by atoms with E-state index in [2.05, 4.69) is 65.9 Å². The van der Waals surface area contributed by atoms with Crippen LogP contribution in [0.25, 0.3) is 0 Å². The number of rotatable bonds is 7. The van der Waals surface area contributed by atoms with Gasteiger partial charge in [-0.15, -0.1) is 0 Å². The maximum Gasteiger partial charge on any atom is 0.0113 e. The van der Waals surface area contributed by atoms with Gasteiger partial charge >= 0.3 is 0 Å². The molecule has 0 aromatic heterocycles. The van der Waals surface area contributed by atoms with Gasteiger partial charge in [-0.25, -0.2) is 0 Å². The molecule has 0 spiro atoms. The Labute approximate surface area is 109 Å². The van der Waals surface area contributed by atoms with Crippen LogP contribution < -0.4 is 5.32 Å². The van der Waals surface area contributed by atoms with E-state index in [1.165, 1.54) is 19.4 Å². The molecule has 0 saturated heterocycles. The summed E-state index contributed by atoms with van der Waals surface area (Å²) in [6.07, 6.45) is 2.55. The maximum absolute atomic E-state index is 3.35. The third-order valence-corrected chi connectivity index (χ3v) is 4.00. The topological polar surface area (TPSA) is 15.3 Å². The van der Waals surface area contributed by atoms with Gasteiger partial charge in [0, 0.05) is 19.1 Å². The number of hydrogen-bond donors (Lipinski definition) is 1. The Morgan fingerprint density at radius 1 is 1.18 bits per heavy atom. The predicted molar refractivity (Wildman–Crippen MR) is 78.5 cm³/mol. The predicted octanol–water partition coefficient (Wildman–Crippen LogP) is 3.38. The van der Waals surface area contributed by atoms with Crippen LogP contribution in [-0.4, -0.2) is 38.1 Å². The molecule has 0 saturated carbocycles. The molecule has 0 amide bonds. The van der Waals surface area contributed by atoms with Crippen molar-refractivity contribution in [3.05, 3.63) is 0 Å². The normalized spacial score (nSPS) is 18.2. The third kappa shape index (κ3) is 5.87. The molecule has 0 aromatic carbocycles. The van der Waals surface area contributed by atoms with Crippen LogP contribution in [-0.2, 0) is 0 Å². The minimum absolute atomic E-state index is 0.349. The van der Waals surface area contributed by atoms with Crippen LogP contribution in [0.4, 0.5) is 0 Å². The van der Waals surface area contributed by atoms with Crippen molar-refractivity contribution in [3.8, 4) is 0 Å². The second-order valence-corrected chi connectivity index (χ2v) is 7.05. The summed E-state index contributed by atoms with van der Waals surface area (Å²) in [6.45, 7) is 16.3. The van der Waals surface area contributed by atoms with E-state index in [1.54, 1.807) is 0 Å². The summed E-state index contributed by atoms with van der Waals surface area (Å²) >= 11 is 0.